The first-order chi connectivity index (χ1) is 13.9. The van der Waals surface area contributed by atoms with Crippen molar-refractivity contribution in [3.63, 3.8) is 0 Å². The van der Waals surface area contributed by atoms with Gasteiger partial charge in [-0.15, -0.1) is 0 Å². The summed E-state index contributed by atoms with van der Waals surface area (Å²) in [6.45, 7) is 3.27. The number of nitrogens with zero attached hydrogens (tertiary/aromatic N) is 3. The van der Waals surface area contributed by atoms with Crippen LogP contribution in [-0.2, 0) is 14.6 Å². The van der Waals surface area contributed by atoms with Gasteiger partial charge >= 0.3 is 0 Å². The molecule has 0 radical (unpaired) electrons. The number of methoxy groups -OCH3 is 1. The van der Waals surface area contributed by atoms with Gasteiger partial charge in [0.25, 0.3) is 0 Å². The summed E-state index contributed by atoms with van der Waals surface area (Å²) >= 11 is 6.11. The number of aromatic nitrogens is 2. The smallest absolute Gasteiger partial charge is 0.229 e. The van der Waals surface area contributed by atoms with Gasteiger partial charge in [0.1, 0.15) is 20.6 Å². The average Bonchev–Trinajstić information content (AvgIpc) is 2.70. The van der Waals surface area contributed by atoms with E-state index in [4.69, 9.17) is 21.1 Å². The Morgan fingerprint density at radius 2 is 2.07 bits per heavy atom. The zero-order valence-electron chi connectivity index (χ0n) is 16.3. The average molecular weight is 442 g/mol. The third-order valence-corrected chi connectivity index (χ3v) is 5.54. The van der Waals surface area contributed by atoms with Crippen molar-refractivity contribution in [2.75, 3.05) is 67.5 Å². The molecule has 0 saturated carbocycles. The van der Waals surface area contributed by atoms with E-state index >= 15 is 0 Å². The molecule has 2 N–H and O–H groups in total. The van der Waals surface area contributed by atoms with Gasteiger partial charge in [0, 0.05) is 37.6 Å². The van der Waals surface area contributed by atoms with Crippen molar-refractivity contribution in [2.24, 2.45) is 0 Å². The standard InChI is InChI=1S/C18H24ClN5O4S/c1-27-16-11-13(24-6-8-28-9-7-24)3-4-15(16)22-18-21-12-14(19)17(23-18)20-5-10-29(2,25)26/h3-4,11-12H,5-10H2,1-2H3,(H2,20,21,22,23). The lowest BCUT2D eigenvalue weighted by molar-refractivity contribution is 0.122. The maximum Gasteiger partial charge on any atom is 0.229 e. The number of nitrogens with one attached hydrogen (secondary N) is 2. The van der Waals surface area contributed by atoms with Gasteiger partial charge in [0.2, 0.25) is 5.95 Å². The van der Waals surface area contributed by atoms with Crippen molar-refractivity contribution in [1.29, 1.82) is 0 Å². The summed E-state index contributed by atoms with van der Waals surface area (Å²) in [7, 11) is -1.48. The summed E-state index contributed by atoms with van der Waals surface area (Å²) in [5.74, 6) is 1.30. The Kier molecular flexibility index (Phi) is 6.99. The number of hydrogen-bond acceptors (Lipinski definition) is 9. The zero-order valence-corrected chi connectivity index (χ0v) is 17.9. The van der Waals surface area contributed by atoms with Gasteiger partial charge in [-0.2, -0.15) is 4.98 Å². The summed E-state index contributed by atoms with van der Waals surface area (Å²) in [4.78, 5) is 10.8. The van der Waals surface area contributed by atoms with Gasteiger partial charge in [-0.05, 0) is 12.1 Å². The second-order valence-electron chi connectivity index (χ2n) is 6.56. The Balaban J connectivity index is 1.74. The van der Waals surface area contributed by atoms with E-state index in [9.17, 15) is 8.42 Å². The molecule has 0 amide bonds. The normalized spacial score (nSPS) is 14.5. The zero-order chi connectivity index (χ0) is 20.9. The first-order valence-electron chi connectivity index (χ1n) is 9.07. The van der Waals surface area contributed by atoms with Crippen LogP contribution in [0.1, 0.15) is 0 Å². The lowest BCUT2D eigenvalue weighted by Crippen LogP contribution is -2.36. The second-order valence-corrected chi connectivity index (χ2v) is 9.22. The van der Waals surface area contributed by atoms with Crippen LogP contribution >= 0.6 is 11.6 Å². The molecule has 2 heterocycles. The SMILES string of the molecule is COc1cc(N2CCOCC2)ccc1Nc1ncc(Cl)c(NCCS(C)(=O)=O)n1. The van der Waals surface area contributed by atoms with Crippen molar-refractivity contribution < 1.29 is 17.9 Å². The minimum absolute atomic E-state index is 0.0209. The first-order valence-corrected chi connectivity index (χ1v) is 11.5. The van der Waals surface area contributed by atoms with Crippen LogP contribution in [-0.4, -0.2) is 70.4 Å². The Morgan fingerprint density at radius 3 is 2.76 bits per heavy atom. The molecule has 1 aliphatic rings. The molecule has 29 heavy (non-hydrogen) atoms. The van der Waals surface area contributed by atoms with Crippen molar-refractivity contribution in [1.82, 2.24) is 9.97 Å². The van der Waals surface area contributed by atoms with Crippen LogP contribution in [0.2, 0.25) is 5.02 Å². The molecule has 9 nitrogen and oxygen atoms in total. The van der Waals surface area contributed by atoms with Gasteiger partial charge in [0.15, 0.2) is 5.82 Å². The topological polar surface area (TPSA) is 106 Å². The Bertz CT molecular complexity index is 951. The van der Waals surface area contributed by atoms with E-state index in [1.165, 1.54) is 12.5 Å². The fraction of sp³-hybridized carbons (Fsp3) is 0.444. The number of morpholine rings is 1. The van der Waals surface area contributed by atoms with E-state index < -0.39 is 9.84 Å². The predicted molar refractivity (Wildman–Crippen MR) is 115 cm³/mol. The fourth-order valence-corrected chi connectivity index (χ4v) is 3.46. The molecule has 0 unspecified atom stereocenters. The summed E-state index contributed by atoms with van der Waals surface area (Å²) in [6.07, 6.45) is 2.63. The Hall–Kier alpha value is -2.30. The summed E-state index contributed by atoms with van der Waals surface area (Å²) in [5, 5.41) is 6.35. The molecule has 0 bridgehead atoms. The van der Waals surface area contributed by atoms with Gasteiger partial charge in [-0.3, -0.25) is 0 Å². The van der Waals surface area contributed by atoms with Crippen molar-refractivity contribution >= 4 is 44.6 Å². The van der Waals surface area contributed by atoms with E-state index in [1.54, 1.807) is 7.11 Å². The van der Waals surface area contributed by atoms with Crippen LogP contribution in [0.25, 0.3) is 0 Å². The molecule has 0 spiro atoms. The molecule has 3 rings (SSSR count). The largest absolute Gasteiger partial charge is 0.494 e. The van der Waals surface area contributed by atoms with Crippen LogP contribution in [0.5, 0.6) is 5.75 Å². The number of anilines is 4. The van der Waals surface area contributed by atoms with E-state index in [0.29, 0.717) is 41.4 Å². The third kappa shape index (κ3) is 6.09. The highest BCUT2D eigenvalue weighted by Crippen LogP contribution is 2.32. The van der Waals surface area contributed by atoms with Crippen LogP contribution in [0, 0.1) is 0 Å². The maximum absolute atomic E-state index is 11.3. The van der Waals surface area contributed by atoms with Crippen LogP contribution in [0.15, 0.2) is 24.4 Å². The molecule has 0 aliphatic carbocycles. The maximum atomic E-state index is 11.3. The van der Waals surface area contributed by atoms with Crippen molar-refractivity contribution in [3.05, 3.63) is 29.4 Å². The predicted octanol–water partition coefficient (Wildman–Crippen LogP) is 2.18. The highest BCUT2D eigenvalue weighted by atomic mass is 35.5. The summed E-state index contributed by atoms with van der Waals surface area (Å²) in [5.41, 5.74) is 1.75. The number of hydrogen-bond donors (Lipinski definition) is 2. The molecule has 1 fully saturated rings. The van der Waals surface area contributed by atoms with E-state index in [0.717, 1.165) is 18.8 Å². The van der Waals surface area contributed by atoms with Crippen molar-refractivity contribution in [2.45, 2.75) is 0 Å². The van der Waals surface area contributed by atoms with Crippen LogP contribution in [0.4, 0.5) is 23.1 Å². The van der Waals surface area contributed by atoms with Crippen LogP contribution in [0.3, 0.4) is 0 Å². The van der Waals surface area contributed by atoms with Gasteiger partial charge in [-0.25, -0.2) is 13.4 Å². The van der Waals surface area contributed by atoms with E-state index in [-0.39, 0.29) is 12.3 Å². The third-order valence-electron chi connectivity index (χ3n) is 4.32. The van der Waals surface area contributed by atoms with Gasteiger partial charge in [-0.1, -0.05) is 11.6 Å². The Labute approximate surface area is 175 Å². The molecule has 158 valence electrons. The first kappa shape index (κ1) is 21.4. The fourth-order valence-electron chi connectivity index (χ4n) is 2.83. The minimum Gasteiger partial charge on any atom is -0.494 e. The van der Waals surface area contributed by atoms with Gasteiger partial charge < -0.3 is 25.0 Å². The molecule has 11 heteroatoms. The molecular formula is C18H24ClN5O4S. The quantitative estimate of drug-likeness (QED) is 0.637. The molecule has 1 saturated heterocycles. The number of rotatable bonds is 8. The van der Waals surface area contributed by atoms with Gasteiger partial charge in [0.05, 0.1) is 38.0 Å². The highest BCUT2D eigenvalue weighted by Gasteiger charge is 2.15. The van der Waals surface area contributed by atoms with E-state index in [1.807, 2.05) is 18.2 Å². The van der Waals surface area contributed by atoms with Crippen molar-refractivity contribution in [3.8, 4) is 5.75 Å². The van der Waals surface area contributed by atoms with Crippen LogP contribution < -0.4 is 20.3 Å². The molecule has 1 aliphatic heterocycles. The lowest BCUT2D eigenvalue weighted by Gasteiger charge is -2.29. The number of halogens is 1. The highest BCUT2D eigenvalue weighted by molar-refractivity contribution is 7.90. The monoisotopic (exact) mass is 441 g/mol. The number of ether oxygens (including phenoxy) is 2. The minimum atomic E-state index is -3.08. The summed E-state index contributed by atoms with van der Waals surface area (Å²) < 4.78 is 33.5. The number of benzene rings is 1. The Morgan fingerprint density at radius 1 is 1.31 bits per heavy atom. The lowest BCUT2D eigenvalue weighted by atomic mass is 10.2. The molecule has 2 aromatic rings. The second kappa shape index (κ2) is 9.47. The number of sulfone groups is 1. The van der Waals surface area contributed by atoms with E-state index in [2.05, 4.69) is 25.5 Å². The molecular weight excluding hydrogens is 418 g/mol. The summed E-state index contributed by atoms with van der Waals surface area (Å²) in [6, 6.07) is 5.85. The molecule has 1 aromatic heterocycles. The molecule has 0 atom stereocenters. The molecule has 1 aromatic carbocycles.